The smallest absolute Gasteiger partial charge is 0.410 e. The van der Waals surface area contributed by atoms with Crippen molar-refractivity contribution in [2.45, 2.75) is 325 Å². The maximum absolute atomic E-state index is 17.1. The number of primary amides is 1. The molecule has 141 heavy (non-hydrogen) atoms. The Balaban J connectivity index is 0.990. The lowest BCUT2D eigenvalue weighted by Crippen LogP contribution is -2.66. The van der Waals surface area contributed by atoms with Crippen LogP contribution >= 0.6 is 11.6 Å². The molecule has 0 aromatic heterocycles. The van der Waals surface area contributed by atoms with Gasteiger partial charge in [-0.2, -0.15) is 0 Å². The number of halogens is 1. The number of rotatable bonds is 19. The number of hydrogen-bond donors (Lipinski definition) is 16. The van der Waals surface area contributed by atoms with Crippen LogP contribution < -0.4 is 51.8 Å². The van der Waals surface area contributed by atoms with E-state index in [2.05, 4.69) is 31.9 Å². The average Bonchev–Trinajstić information content (AvgIpc) is 0.762. The van der Waals surface area contributed by atoms with Crippen LogP contribution in [0.25, 0.3) is 11.1 Å². The number of hydrogen-bond acceptors (Lipinski definition) is 31. The number of amides is 8. The fourth-order valence-corrected chi connectivity index (χ4v) is 21.5. The van der Waals surface area contributed by atoms with Gasteiger partial charge in [-0.25, -0.2) is 14.4 Å². The van der Waals surface area contributed by atoms with Gasteiger partial charge in [-0.3, -0.25) is 43.3 Å². The summed E-state index contributed by atoms with van der Waals surface area (Å²) in [6.07, 6.45) is -25.3. The van der Waals surface area contributed by atoms with Gasteiger partial charge < -0.3 is 136 Å². The van der Waals surface area contributed by atoms with Crippen molar-refractivity contribution in [3.8, 4) is 57.1 Å². The van der Waals surface area contributed by atoms with Gasteiger partial charge in [0.1, 0.15) is 118 Å². The van der Waals surface area contributed by atoms with Gasteiger partial charge in [0, 0.05) is 62.8 Å². The summed E-state index contributed by atoms with van der Waals surface area (Å²) >= 11 is 7.35. The van der Waals surface area contributed by atoms with Gasteiger partial charge in [-0.05, 0) is 246 Å². The number of ether oxygens (including phenoxy) is 11. The number of nitrogens with two attached hydrogens (primary N) is 1. The molecule has 17 rings (SSSR count). The normalized spacial score (nSPS) is 31.9. The number of benzene rings is 5. The number of carbonyl (C=O) groups is 11. The van der Waals surface area contributed by atoms with Crippen LogP contribution in [0.3, 0.4) is 0 Å². The molecule has 22 atom stereocenters. The summed E-state index contributed by atoms with van der Waals surface area (Å²) in [6, 6.07) is 7.02. The van der Waals surface area contributed by atoms with Crippen molar-refractivity contribution in [3.63, 3.8) is 0 Å². The number of aliphatic hydroxyl groups excluding tert-OH is 6. The number of carbonyl (C=O) groups excluding carboxylic acids is 11. The van der Waals surface area contributed by atoms with Crippen molar-refractivity contribution >= 4 is 76.8 Å². The Bertz CT molecular complexity index is 5540. The summed E-state index contributed by atoms with van der Waals surface area (Å²) in [6.45, 7) is 22.9. The minimum absolute atomic E-state index is 0.0209. The molecule has 40 heteroatoms. The van der Waals surface area contributed by atoms with E-state index in [1.165, 1.54) is 83.3 Å². The zero-order chi connectivity index (χ0) is 103. The van der Waals surface area contributed by atoms with Crippen LogP contribution in [0, 0.1) is 41.4 Å². The Morgan fingerprint density at radius 2 is 1.19 bits per heavy atom. The highest BCUT2D eigenvalue weighted by Gasteiger charge is 2.56. The highest BCUT2D eigenvalue weighted by molar-refractivity contribution is 6.32. The van der Waals surface area contributed by atoms with E-state index in [1.54, 1.807) is 76.2 Å². The SMILES string of the molecule is CC(C)C[C@H](C(=O)N[C@H]1C(=O)C[C@@H](CC(N)=O)C(=O)N[C@H]2C(=O)C[C@H]3C(=O)N[C@H](C(=O)N[C@H](C(=O)CC4C5CC6CC(C5)CC4C6)c4cc(O)cc(O)c4-c4cc3ccc4O)[C@H](OC3CC(C)(NC(=O)OC(C)(C)C)C(O)C(C)O3)c3ccc(cc3)Oc3cc2cc(c3OC2OC(CO)C(O)C(O)C2OC2CC(C)(NC(=O)OC(C)(C)C)C(O)C(C)O2)Oc2ccc(cc2Cl)[C@H]1O)N(C)C(=O)OC(C)(C)C. The van der Waals surface area contributed by atoms with E-state index in [0.717, 1.165) is 73.4 Å². The molecular formula is C101H131ClN8O31. The van der Waals surface area contributed by atoms with Gasteiger partial charge >= 0.3 is 18.3 Å². The van der Waals surface area contributed by atoms with E-state index in [1.807, 2.05) is 0 Å². The first-order valence-corrected chi connectivity index (χ1v) is 48.2. The van der Waals surface area contributed by atoms with Gasteiger partial charge in [0.15, 0.2) is 47.5 Å². The fourth-order valence-electron chi connectivity index (χ4n) is 21.3. The van der Waals surface area contributed by atoms with Crippen LogP contribution in [0.5, 0.6) is 46.0 Å². The summed E-state index contributed by atoms with van der Waals surface area (Å²) in [4.78, 5) is 170. The quantitative estimate of drug-likeness (QED) is 0.0342. The molecule has 8 aliphatic heterocycles. The third-order valence-electron chi connectivity index (χ3n) is 27.9. The van der Waals surface area contributed by atoms with Crippen molar-refractivity contribution in [2.24, 2.45) is 47.2 Å². The van der Waals surface area contributed by atoms with E-state index < -0.39 is 299 Å². The molecule has 5 aromatic rings. The largest absolute Gasteiger partial charge is 0.508 e. The summed E-state index contributed by atoms with van der Waals surface area (Å²) in [5.41, 5.74) is -2.23. The van der Waals surface area contributed by atoms with Crippen LogP contribution in [0.1, 0.15) is 239 Å². The molecular weight excluding hydrogens is 1860 g/mol. The highest BCUT2D eigenvalue weighted by Crippen LogP contribution is 2.59. The number of ketones is 3. The number of fused-ring (bicyclic) bond motifs is 15. The summed E-state index contributed by atoms with van der Waals surface area (Å²) < 4.78 is 70.7. The molecule has 3 saturated heterocycles. The Labute approximate surface area is 820 Å². The monoisotopic (exact) mass is 1990 g/mol. The Kier molecular flexibility index (Phi) is 31.3. The second-order valence-corrected chi connectivity index (χ2v) is 43.4. The molecule has 8 heterocycles. The molecule has 12 aliphatic rings. The van der Waals surface area contributed by atoms with Crippen LogP contribution in [0.15, 0.2) is 84.9 Å². The third-order valence-corrected chi connectivity index (χ3v) is 28.2. The van der Waals surface area contributed by atoms with E-state index in [9.17, 15) is 65.1 Å². The number of likely N-dealkylation sites (N-methyl/N-ethyl adjacent to an activating group) is 1. The first kappa shape index (κ1) is 106. The van der Waals surface area contributed by atoms with Crippen LogP contribution in [-0.4, -0.2) is 243 Å². The second kappa shape index (κ2) is 41.7. The molecule has 0 radical (unpaired) electrons. The molecule has 4 saturated carbocycles. The van der Waals surface area contributed by atoms with Crippen LogP contribution in [0.2, 0.25) is 5.02 Å². The molecule has 0 spiro atoms. The molecule has 4 aliphatic carbocycles. The van der Waals surface area contributed by atoms with Crippen LogP contribution in [-0.2, 0) is 76.3 Å². The van der Waals surface area contributed by atoms with E-state index >= 15 is 33.6 Å². The molecule has 17 N–H and O–H groups in total. The van der Waals surface area contributed by atoms with Gasteiger partial charge in [-0.1, -0.05) is 49.7 Å². The predicted octanol–water partition coefficient (Wildman–Crippen LogP) is 9.39. The van der Waals surface area contributed by atoms with Crippen molar-refractivity contribution in [2.75, 3.05) is 13.7 Å². The topological polar surface area (TPSA) is 573 Å². The number of phenolic OH excluding ortho intramolecular Hbond substituents is 3. The first-order chi connectivity index (χ1) is 66.0. The number of nitrogens with one attached hydrogen (secondary N) is 6. The molecule has 7 fully saturated rings. The lowest BCUT2D eigenvalue weighted by molar-refractivity contribution is -0.334. The summed E-state index contributed by atoms with van der Waals surface area (Å²) in [5, 5.41) is 125. The zero-order valence-electron chi connectivity index (χ0n) is 81.7. The molecule has 5 aromatic carbocycles. The standard InChI is InChI=1S/C101H131ClN8O31/c1-44(2)25-63(110(16)96(130)141-99(11,12)13)91(126)106-79-66(115)33-55(36-73(103)118)89(124)104-77-54-34-70(85(71(35-54)134-69-24-20-51(81(79)119)32-62(69)102)138-93-86(83(121)82(120)72(43-111)135-93)137-75-42-101(15,88(123)46(4)132-75)109-95(129)140-98(8,9)10)133-57-21-17-49(18-22-57)84(136-74-41-100(14,87(122)45(3)131-74)108-94(128)139-97(5,6)7)80-92(127)105-78(68(117)39-58-52-27-47-26-48(29-52)30-53(58)28-47)61-37-56(112)38-65(114)76(61)60-31-50(19-23-64(60)113)59(40-67(77)116)90(125)107-80/h17-24,31-32,34-35,37-38,44-48,52-53,55,58-59,63,72,74-75,77-84,86-88,93,111-114,119-123H,25-30,33,36,39-43H2,1-16H3,(H2,103,118)(H,104,124)(H,105,127)(H,106,126)(H,107,125)(H,108,128)(H,109,129)/t45?,46?,47?,48?,52?,53?,55-,58?,59+,63+,72?,74?,75?,77+,78-,79-,80-,81+,82?,83?,84+,86?,87?,88?,93?,100?,101?/m0/s1. The number of nitrogens with zero attached hydrogens (tertiary/aromatic N) is 1. The van der Waals surface area contributed by atoms with Crippen molar-refractivity contribution in [3.05, 3.63) is 118 Å². The maximum atomic E-state index is 17.1. The van der Waals surface area contributed by atoms with Gasteiger partial charge in [0.2, 0.25) is 41.6 Å². The van der Waals surface area contributed by atoms with Gasteiger partial charge in [0.25, 0.3) is 0 Å². The number of alkyl carbamates (subject to hydrolysis) is 2. The number of aromatic hydroxyl groups is 3. The lowest BCUT2D eigenvalue weighted by atomic mass is 9.51. The fraction of sp³-hybridized carbons (Fsp3) is 0.594. The van der Waals surface area contributed by atoms with E-state index in [0.29, 0.717) is 11.8 Å². The Morgan fingerprint density at radius 1 is 0.617 bits per heavy atom. The third kappa shape index (κ3) is 24.0. The van der Waals surface area contributed by atoms with Crippen molar-refractivity contribution in [1.82, 2.24) is 36.8 Å². The molecule has 8 amide bonds. The summed E-state index contributed by atoms with van der Waals surface area (Å²) in [7, 11) is 1.29. The summed E-state index contributed by atoms with van der Waals surface area (Å²) in [5.74, 6) is -16.7. The van der Waals surface area contributed by atoms with E-state index in [-0.39, 0.29) is 81.4 Å². The number of phenols is 3. The molecule has 768 valence electrons. The lowest BCUT2D eigenvalue weighted by Gasteiger charge is -2.54. The zero-order valence-corrected chi connectivity index (χ0v) is 82.5. The molecule has 39 nitrogen and oxygen atoms in total. The van der Waals surface area contributed by atoms with Crippen molar-refractivity contribution < 1.29 is 151 Å². The second-order valence-electron chi connectivity index (χ2n) is 43.0. The predicted molar refractivity (Wildman–Crippen MR) is 501 cm³/mol. The molecule has 13 unspecified atom stereocenters. The van der Waals surface area contributed by atoms with Gasteiger partial charge in [-0.15, -0.1) is 0 Å². The average molecular weight is 1990 g/mol. The minimum Gasteiger partial charge on any atom is -0.508 e. The highest BCUT2D eigenvalue weighted by atomic mass is 35.5. The maximum Gasteiger partial charge on any atom is 0.410 e. The van der Waals surface area contributed by atoms with Crippen LogP contribution in [0.4, 0.5) is 14.4 Å². The first-order valence-electron chi connectivity index (χ1n) is 47.8. The van der Waals surface area contributed by atoms with Gasteiger partial charge in [0.05, 0.1) is 46.8 Å². The van der Waals surface area contributed by atoms with Crippen molar-refractivity contribution in [1.29, 1.82) is 0 Å². The number of Topliss-reactive ketones (excluding diaryl/α,β-unsaturated/α-hetero) is 3. The minimum atomic E-state index is -2.29. The Morgan fingerprint density at radius 3 is 1.76 bits per heavy atom. The number of aliphatic hydroxyl groups is 6. The van der Waals surface area contributed by atoms with E-state index in [4.69, 9.17) is 69.4 Å². The molecule has 15 bridgehead atoms. The Hall–Kier alpha value is -11.1.